The van der Waals surface area contributed by atoms with Gasteiger partial charge in [-0.3, -0.25) is 0 Å². The molecule has 0 aromatic carbocycles. The standard InChI is InChI=1S/C33H60O5Si2/c1-29(2,3)39(9,10)37-23-19-22-13-14-24-25-16-18-33(36,27(35)21-34)31(25,7)17-15-26(24)32(22,8)28(20-23)38-40(11,12)30(4,5)6/h13-14,23,25-28,34-36H,15-21H2,1-12H3/t23-,25+,26+,27+,28+,31+,32+,33+/m1/s1. The summed E-state index contributed by atoms with van der Waals surface area (Å²) in [4.78, 5) is 0. The Morgan fingerprint density at radius 1 is 0.900 bits per heavy atom. The first-order chi connectivity index (χ1) is 18.0. The minimum absolute atomic E-state index is 0.0736. The molecule has 0 amide bonds. The van der Waals surface area contributed by atoms with Crippen LogP contribution in [0.5, 0.6) is 0 Å². The van der Waals surface area contributed by atoms with Crippen LogP contribution in [-0.4, -0.2) is 62.5 Å². The summed E-state index contributed by atoms with van der Waals surface area (Å²) in [6, 6.07) is 0. The van der Waals surface area contributed by atoms with E-state index in [1.807, 2.05) is 0 Å². The van der Waals surface area contributed by atoms with E-state index < -0.39 is 40.4 Å². The van der Waals surface area contributed by atoms with Crippen LogP contribution in [0.3, 0.4) is 0 Å². The number of allylic oxidation sites excluding steroid dienone is 3. The van der Waals surface area contributed by atoms with Gasteiger partial charge in [0.15, 0.2) is 16.6 Å². The molecule has 40 heavy (non-hydrogen) atoms. The summed E-state index contributed by atoms with van der Waals surface area (Å²) in [6.45, 7) is 27.6. The Kier molecular flexibility index (Phi) is 8.27. The van der Waals surface area contributed by atoms with Crippen molar-refractivity contribution in [3.05, 3.63) is 23.3 Å². The summed E-state index contributed by atoms with van der Waals surface area (Å²) in [5.74, 6) is 0.546. The summed E-state index contributed by atoms with van der Waals surface area (Å²) >= 11 is 0. The predicted molar refractivity (Wildman–Crippen MR) is 169 cm³/mol. The van der Waals surface area contributed by atoms with E-state index in [1.54, 1.807) is 0 Å². The van der Waals surface area contributed by atoms with Crippen LogP contribution in [0.25, 0.3) is 0 Å². The quantitative estimate of drug-likeness (QED) is 0.281. The molecule has 3 N–H and O–H groups in total. The third-order valence-electron chi connectivity index (χ3n) is 13.1. The van der Waals surface area contributed by atoms with E-state index in [-0.39, 0.29) is 33.6 Å². The number of aliphatic hydroxyl groups excluding tert-OH is 2. The van der Waals surface area contributed by atoms with Crippen molar-refractivity contribution in [3.8, 4) is 0 Å². The first kappa shape index (κ1) is 32.6. The molecule has 8 atom stereocenters. The van der Waals surface area contributed by atoms with Crippen molar-refractivity contribution >= 4 is 16.6 Å². The molecule has 0 bridgehead atoms. The molecular formula is C33H60O5Si2. The van der Waals surface area contributed by atoms with Crippen molar-refractivity contribution in [2.45, 2.75) is 154 Å². The van der Waals surface area contributed by atoms with Gasteiger partial charge in [-0.15, -0.1) is 0 Å². The topological polar surface area (TPSA) is 79.2 Å². The number of fused-ring (bicyclic) bond motifs is 5. The van der Waals surface area contributed by atoms with Crippen LogP contribution in [-0.2, 0) is 8.85 Å². The molecule has 5 nitrogen and oxygen atoms in total. The molecule has 230 valence electrons. The second-order valence-electron chi connectivity index (χ2n) is 17.2. The van der Waals surface area contributed by atoms with Crippen molar-refractivity contribution in [1.82, 2.24) is 0 Å². The van der Waals surface area contributed by atoms with Gasteiger partial charge in [0.1, 0.15) is 6.10 Å². The zero-order valence-corrected chi connectivity index (χ0v) is 29.6. The average Bonchev–Trinajstić information content (AvgIpc) is 3.09. The predicted octanol–water partition coefficient (Wildman–Crippen LogP) is 7.34. The van der Waals surface area contributed by atoms with E-state index in [9.17, 15) is 15.3 Å². The van der Waals surface area contributed by atoms with Gasteiger partial charge in [0.25, 0.3) is 0 Å². The van der Waals surface area contributed by atoms with Crippen molar-refractivity contribution < 1.29 is 24.2 Å². The van der Waals surface area contributed by atoms with Gasteiger partial charge in [-0.1, -0.05) is 78.7 Å². The van der Waals surface area contributed by atoms with E-state index in [2.05, 4.69) is 93.7 Å². The van der Waals surface area contributed by atoms with Gasteiger partial charge in [0.2, 0.25) is 0 Å². The van der Waals surface area contributed by atoms with E-state index in [0.29, 0.717) is 12.3 Å². The molecule has 0 aliphatic heterocycles. The van der Waals surface area contributed by atoms with Crippen LogP contribution in [0.15, 0.2) is 23.3 Å². The number of hydrogen-bond acceptors (Lipinski definition) is 5. The zero-order valence-electron chi connectivity index (χ0n) is 27.6. The lowest BCUT2D eigenvalue weighted by atomic mass is 9.49. The Morgan fingerprint density at radius 3 is 2.00 bits per heavy atom. The molecule has 0 radical (unpaired) electrons. The van der Waals surface area contributed by atoms with E-state index in [1.165, 1.54) is 11.1 Å². The molecule has 4 aliphatic rings. The highest BCUT2D eigenvalue weighted by atomic mass is 28.4. The second kappa shape index (κ2) is 10.1. The van der Waals surface area contributed by atoms with Crippen molar-refractivity contribution in [2.75, 3.05) is 6.61 Å². The third-order valence-corrected chi connectivity index (χ3v) is 22.1. The Labute approximate surface area is 247 Å². The molecule has 7 heteroatoms. The Balaban J connectivity index is 1.75. The summed E-state index contributed by atoms with van der Waals surface area (Å²) in [7, 11) is -4.02. The molecule has 0 unspecified atom stereocenters. The van der Waals surface area contributed by atoms with Gasteiger partial charge in [-0.05, 0) is 86.6 Å². The van der Waals surface area contributed by atoms with Crippen LogP contribution < -0.4 is 0 Å². The fourth-order valence-corrected chi connectivity index (χ4v) is 10.9. The number of hydrogen-bond donors (Lipinski definition) is 3. The van der Waals surface area contributed by atoms with Crippen molar-refractivity contribution in [2.24, 2.45) is 22.7 Å². The van der Waals surface area contributed by atoms with Gasteiger partial charge >= 0.3 is 0 Å². The SMILES string of the molecule is CC(C)(C)[Si](C)(C)O[C@@H]1CC2=CC=C3[C@H](CC[C@@]4(C)[C@H]3CC[C@]4(O)[C@@H](O)CO)[C@@]2(C)[C@@H](O[Si](C)(C)C(C)(C)C)C1. The lowest BCUT2D eigenvalue weighted by molar-refractivity contribution is -0.167. The van der Waals surface area contributed by atoms with Gasteiger partial charge in [-0.25, -0.2) is 0 Å². The monoisotopic (exact) mass is 592 g/mol. The Hall–Kier alpha value is -0.286. The van der Waals surface area contributed by atoms with E-state index in [0.717, 1.165) is 32.1 Å². The maximum absolute atomic E-state index is 11.7. The molecule has 0 saturated heterocycles. The molecule has 4 rings (SSSR count). The van der Waals surface area contributed by atoms with Gasteiger partial charge < -0.3 is 24.2 Å². The molecule has 3 fully saturated rings. The summed E-state index contributed by atoms with van der Waals surface area (Å²) in [6.07, 6.45) is 8.91. The number of rotatable bonds is 6. The summed E-state index contributed by atoms with van der Waals surface area (Å²) < 4.78 is 14.5. The number of aliphatic hydroxyl groups is 3. The molecule has 0 spiro atoms. The highest BCUT2D eigenvalue weighted by molar-refractivity contribution is 6.74. The minimum atomic E-state index is -2.07. The zero-order chi connectivity index (χ0) is 30.3. The maximum atomic E-state index is 11.7. The fraction of sp³-hybridized carbons (Fsp3) is 0.879. The van der Waals surface area contributed by atoms with Crippen LogP contribution in [0.1, 0.15) is 93.9 Å². The van der Waals surface area contributed by atoms with Gasteiger partial charge in [-0.2, -0.15) is 0 Å². The van der Waals surface area contributed by atoms with Crippen molar-refractivity contribution in [1.29, 1.82) is 0 Å². The lowest BCUT2D eigenvalue weighted by Gasteiger charge is -2.60. The minimum Gasteiger partial charge on any atom is -0.414 e. The van der Waals surface area contributed by atoms with E-state index >= 15 is 0 Å². The van der Waals surface area contributed by atoms with Crippen LogP contribution in [0.4, 0.5) is 0 Å². The van der Waals surface area contributed by atoms with E-state index in [4.69, 9.17) is 8.85 Å². The third kappa shape index (κ3) is 4.91. The molecule has 4 aliphatic carbocycles. The molecule has 3 saturated carbocycles. The summed E-state index contributed by atoms with van der Waals surface area (Å²) in [5.41, 5.74) is 1.07. The highest BCUT2D eigenvalue weighted by Crippen LogP contribution is 2.67. The average molecular weight is 593 g/mol. The van der Waals surface area contributed by atoms with Crippen LogP contribution in [0, 0.1) is 22.7 Å². The Bertz CT molecular complexity index is 1040. The Morgan fingerprint density at radius 2 is 1.45 bits per heavy atom. The first-order valence-electron chi connectivity index (χ1n) is 15.8. The second-order valence-corrected chi connectivity index (χ2v) is 26.7. The van der Waals surface area contributed by atoms with Crippen molar-refractivity contribution in [3.63, 3.8) is 0 Å². The fourth-order valence-electron chi connectivity index (χ4n) is 8.14. The lowest BCUT2D eigenvalue weighted by Crippen LogP contribution is -2.60. The molecular weight excluding hydrogens is 533 g/mol. The summed E-state index contributed by atoms with van der Waals surface area (Å²) in [5, 5.41) is 32.5. The first-order valence-corrected chi connectivity index (χ1v) is 21.6. The normalized spacial score (nSPS) is 39.6. The maximum Gasteiger partial charge on any atom is 0.192 e. The van der Waals surface area contributed by atoms with Gasteiger partial charge in [0, 0.05) is 10.8 Å². The van der Waals surface area contributed by atoms with Gasteiger partial charge in [0.05, 0.1) is 24.4 Å². The molecule has 0 aromatic heterocycles. The van der Waals surface area contributed by atoms with Crippen LogP contribution >= 0.6 is 0 Å². The molecule has 0 heterocycles. The highest BCUT2D eigenvalue weighted by Gasteiger charge is 2.65. The smallest absolute Gasteiger partial charge is 0.192 e. The van der Waals surface area contributed by atoms with Crippen LogP contribution in [0.2, 0.25) is 36.3 Å². The largest absolute Gasteiger partial charge is 0.414 e. The molecule has 0 aromatic rings.